The summed E-state index contributed by atoms with van der Waals surface area (Å²) in [4.78, 5) is 0. The van der Waals surface area contributed by atoms with E-state index in [4.69, 9.17) is 14.2 Å². The monoisotopic (exact) mass is 488 g/mol. The lowest BCUT2D eigenvalue weighted by atomic mass is 10.0. The lowest BCUT2D eigenvalue weighted by molar-refractivity contribution is -0.163. The van der Waals surface area contributed by atoms with Gasteiger partial charge >= 0.3 is 0 Å². The molecule has 1 heterocycles. The Labute approximate surface area is 217 Å². The fourth-order valence-corrected chi connectivity index (χ4v) is 5.03. The second-order valence-corrected chi connectivity index (χ2v) is 10.6. The number of benzene rings is 1. The van der Waals surface area contributed by atoms with E-state index in [1.165, 1.54) is 115 Å². The lowest BCUT2D eigenvalue weighted by Crippen LogP contribution is -2.23. The standard InChI is InChI=1S/C32H56O3/c1-2-3-4-5-6-7-8-9-10-11-12-13-14-18-24-31(35-29-30-22-16-15-17-23-30)25-21-28-34-32-26-19-20-27-33-32/h15-17,22-23,31-32H,2-14,18-21,24-29H2,1H3. The molecule has 1 fully saturated rings. The van der Waals surface area contributed by atoms with Gasteiger partial charge in [-0.25, -0.2) is 0 Å². The topological polar surface area (TPSA) is 27.7 Å². The summed E-state index contributed by atoms with van der Waals surface area (Å²) < 4.78 is 18.0. The van der Waals surface area contributed by atoms with Crippen LogP contribution in [0.5, 0.6) is 0 Å². The van der Waals surface area contributed by atoms with Crippen molar-refractivity contribution in [2.75, 3.05) is 13.2 Å². The molecule has 0 bridgehead atoms. The molecule has 1 aromatic carbocycles. The molecule has 0 radical (unpaired) electrons. The summed E-state index contributed by atoms with van der Waals surface area (Å²) in [6.45, 7) is 4.65. The normalized spacial score (nSPS) is 17.0. The van der Waals surface area contributed by atoms with Gasteiger partial charge in [-0.05, 0) is 44.1 Å². The molecule has 2 rings (SSSR count). The zero-order valence-electron chi connectivity index (χ0n) is 23.0. The van der Waals surface area contributed by atoms with Crippen molar-refractivity contribution in [3.8, 4) is 0 Å². The maximum atomic E-state index is 6.35. The SMILES string of the molecule is CCCCCCCCCCCCCCCCC(CCCOC1CCCCO1)OCc1ccccc1. The predicted molar refractivity (Wildman–Crippen MR) is 149 cm³/mol. The number of hydrogen-bond donors (Lipinski definition) is 0. The summed E-state index contributed by atoms with van der Waals surface area (Å²) in [5.41, 5.74) is 1.27. The fraction of sp³-hybridized carbons (Fsp3) is 0.812. The molecule has 2 atom stereocenters. The van der Waals surface area contributed by atoms with E-state index in [2.05, 4.69) is 37.3 Å². The molecule has 0 N–H and O–H groups in total. The molecule has 0 aromatic heterocycles. The molecule has 3 nitrogen and oxygen atoms in total. The Hall–Kier alpha value is -0.900. The first-order valence-electron chi connectivity index (χ1n) is 15.3. The molecule has 1 aromatic rings. The van der Waals surface area contributed by atoms with Crippen molar-refractivity contribution in [3.05, 3.63) is 35.9 Å². The minimum absolute atomic E-state index is 0.0261. The fourth-order valence-electron chi connectivity index (χ4n) is 5.03. The maximum Gasteiger partial charge on any atom is 0.157 e. The second-order valence-electron chi connectivity index (χ2n) is 10.6. The predicted octanol–water partition coefficient (Wildman–Crippen LogP) is 9.77. The van der Waals surface area contributed by atoms with E-state index in [0.29, 0.717) is 6.10 Å². The highest BCUT2D eigenvalue weighted by atomic mass is 16.7. The van der Waals surface area contributed by atoms with Crippen LogP contribution in [0.15, 0.2) is 30.3 Å². The molecule has 0 aliphatic carbocycles. The van der Waals surface area contributed by atoms with Crippen molar-refractivity contribution >= 4 is 0 Å². The van der Waals surface area contributed by atoms with Gasteiger partial charge in [0.2, 0.25) is 0 Å². The zero-order valence-corrected chi connectivity index (χ0v) is 23.0. The van der Waals surface area contributed by atoms with E-state index < -0.39 is 0 Å². The van der Waals surface area contributed by atoms with E-state index in [9.17, 15) is 0 Å². The molecule has 0 saturated carbocycles. The van der Waals surface area contributed by atoms with Crippen molar-refractivity contribution in [2.24, 2.45) is 0 Å². The first-order valence-corrected chi connectivity index (χ1v) is 15.3. The molecular formula is C32H56O3. The van der Waals surface area contributed by atoms with Gasteiger partial charge in [0.05, 0.1) is 12.7 Å². The number of hydrogen-bond acceptors (Lipinski definition) is 3. The van der Waals surface area contributed by atoms with E-state index in [0.717, 1.165) is 39.1 Å². The quantitative estimate of drug-likeness (QED) is 0.143. The van der Waals surface area contributed by atoms with Gasteiger partial charge in [-0.1, -0.05) is 127 Å². The highest BCUT2D eigenvalue weighted by Crippen LogP contribution is 2.19. The van der Waals surface area contributed by atoms with Crippen LogP contribution in [0.3, 0.4) is 0 Å². The molecule has 1 saturated heterocycles. The van der Waals surface area contributed by atoms with E-state index in [1.54, 1.807) is 0 Å². The lowest BCUT2D eigenvalue weighted by Gasteiger charge is -2.23. The van der Waals surface area contributed by atoms with Gasteiger partial charge in [0.1, 0.15) is 0 Å². The van der Waals surface area contributed by atoms with Gasteiger partial charge in [0, 0.05) is 13.2 Å². The van der Waals surface area contributed by atoms with Crippen LogP contribution in [0, 0.1) is 0 Å². The molecule has 0 spiro atoms. The van der Waals surface area contributed by atoms with Crippen LogP contribution >= 0.6 is 0 Å². The van der Waals surface area contributed by atoms with Crippen LogP contribution in [0.25, 0.3) is 0 Å². The van der Waals surface area contributed by atoms with E-state index in [-0.39, 0.29) is 6.29 Å². The maximum absolute atomic E-state index is 6.35. The summed E-state index contributed by atoms with van der Waals surface area (Å²) in [6, 6.07) is 10.6. The first kappa shape index (κ1) is 30.3. The number of unbranched alkanes of at least 4 members (excludes halogenated alkanes) is 13. The van der Waals surface area contributed by atoms with Crippen molar-refractivity contribution in [2.45, 2.75) is 154 Å². The van der Waals surface area contributed by atoms with E-state index >= 15 is 0 Å². The van der Waals surface area contributed by atoms with Gasteiger partial charge in [0.15, 0.2) is 6.29 Å². The van der Waals surface area contributed by atoms with Gasteiger partial charge in [0.25, 0.3) is 0 Å². The van der Waals surface area contributed by atoms with Crippen LogP contribution in [-0.2, 0) is 20.8 Å². The summed E-state index contributed by atoms with van der Waals surface area (Å²) in [5.74, 6) is 0. The summed E-state index contributed by atoms with van der Waals surface area (Å²) in [5, 5.41) is 0. The number of rotatable bonds is 23. The molecular weight excluding hydrogens is 432 g/mol. The van der Waals surface area contributed by atoms with Gasteiger partial charge in [-0.2, -0.15) is 0 Å². The smallest absolute Gasteiger partial charge is 0.157 e. The van der Waals surface area contributed by atoms with Crippen molar-refractivity contribution < 1.29 is 14.2 Å². The summed E-state index contributed by atoms with van der Waals surface area (Å²) >= 11 is 0. The largest absolute Gasteiger partial charge is 0.374 e. The Kier molecular flexibility index (Phi) is 19.3. The van der Waals surface area contributed by atoms with Gasteiger partial charge < -0.3 is 14.2 Å². The van der Waals surface area contributed by atoms with Crippen LogP contribution in [0.4, 0.5) is 0 Å². The number of ether oxygens (including phenoxy) is 3. The Balaban J connectivity index is 1.49. The van der Waals surface area contributed by atoms with Crippen LogP contribution < -0.4 is 0 Å². The molecule has 3 heteroatoms. The average molecular weight is 489 g/mol. The molecule has 202 valence electrons. The second kappa shape index (κ2) is 22.3. The average Bonchev–Trinajstić information content (AvgIpc) is 2.90. The van der Waals surface area contributed by atoms with Crippen molar-refractivity contribution in [3.63, 3.8) is 0 Å². The van der Waals surface area contributed by atoms with Crippen molar-refractivity contribution in [1.29, 1.82) is 0 Å². The Morgan fingerprint density at radius 2 is 1.34 bits per heavy atom. The molecule has 1 aliphatic rings. The highest BCUT2D eigenvalue weighted by molar-refractivity contribution is 5.13. The molecule has 35 heavy (non-hydrogen) atoms. The van der Waals surface area contributed by atoms with Crippen molar-refractivity contribution in [1.82, 2.24) is 0 Å². The zero-order chi connectivity index (χ0) is 24.7. The first-order chi connectivity index (χ1) is 17.4. The summed E-state index contributed by atoms with van der Waals surface area (Å²) in [6.07, 6.45) is 26.8. The third-order valence-corrected chi connectivity index (χ3v) is 7.32. The van der Waals surface area contributed by atoms with Crippen LogP contribution in [0.1, 0.15) is 141 Å². The Morgan fingerprint density at radius 1 is 0.743 bits per heavy atom. The molecule has 2 unspecified atom stereocenters. The highest BCUT2D eigenvalue weighted by Gasteiger charge is 2.15. The van der Waals surface area contributed by atoms with Crippen LogP contribution in [0.2, 0.25) is 0 Å². The minimum atomic E-state index is 0.0261. The third kappa shape index (κ3) is 17.2. The molecule has 0 amide bonds. The minimum Gasteiger partial charge on any atom is -0.374 e. The Morgan fingerprint density at radius 3 is 1.94 bits per heavy atom. The third-order valence-electron chi connectivity index (χ3n) is 7.32. The summed E-state index contributed by atoms with van der Waals surface area (Å²) in [7, 11) is 0. The van der Waals surface area contributed by atoms with Gasteiger partial charge in [-0.15, -0.1) is 0 Å². The Bertz CT molecular complexity index is 555. The van der Waals surface area contributed by atoms with E-state index in [1.807, 2.05) is 0 Å². The van der Waals surface area contributed by atoms with Crippen LogP contribution in [-0.4, -0.2) is 25.6 Å². The molecule has 1 aliphatic heterocycles. The van der Waals surface area contributed by atoms with Gasteiger partial charge in [-0.3, -0.25) is 0 Å².